The second kappa shape index (κ2) is 6.98. The third-order valence-electron chi connectivity index (χ3n) is 7.55. The Bertz CT molecular complexity index is 780. The van der Waals surface area contributed by atoms with Gasteiger partial charge >= 0.3 is 5.97 Å². The number of fused-ring (bicyclic) bond motifs is 1. The van der Waals surface area contributed by atoms with E-state index in [1.807, 2.05) is 0 Å². The minimum Gasteiger partial charge on any atom is -0.465 e. The van der Waals surface area contributed by atoms with Crippen LogP contribution in [0.4, 0.5) is 5.00 Å². The second-order valence-electron chi connectivity index (χ2n) is 9.82. The van der Waals surface area contributed by atoms with E-state index in [0.29, 0.717) is 16.6 Å². The lowest BCUT2D eigenvalue weighted by molar-refractivity contribution is -0.00972. The fourth-order valence-electron chi connectivity index (χ4n) is 6.80. The number of hydrogen-bond donors (Lipinski definition) is 2. The van der Waals surface area contributed by atoms with Gasteiger partial charge in [0, 0.05) is 10.4 Å². The van der Waals surface area contributed by atoms with E-state index in [2.05, 4.69) is 17.6 Å². The van der Waals surface area contributed by atoms with E-state index in [0.717, 1.165) is 42.0 Å². The van der Waals surface area contributed by atoms with Gasteiger partial charge in [0.1, 0.15) is 5.00 Å². The van der Waals surface area contributed by atoms with Crippen molar-refractivity contribution in [1.82, 2.24) is 5.32 Å². The maximum absolute atomic E-state index is 12.5. The van der Waals surface area contributed by atoms with E-state index in [9.17, 15) is 4.79 Å². The van der Waals surface area contributed by atoms with E-state index in [1.165, 1.54) is 56.1 Å². The van der Waals surface area contributed by atoms with Crippen molar-refractivity contribution in [3.63, 3.8) is 0 Å². The number of esters is 1. The van der Waals surface area contributed by atoms with Crippen LogP contribution < -0.4 is 10.6 Å². The van der Waals surface area contributed by atoms with Crippen molar-refractivity contribution in [2.75, 3.05) is 12.4 Å². The summed E-state index contributed by atoms with van der Waals surface area (Å²) in [5.41, 5.74) is 2.06. The maximum Gasteiger partial charge on any atom is 0.341 e. The highest BCUT2D eigenvalue weighted by Crippen LogP contribution is 2.55. The van der Waals surface area contributed by atoms with Gasteiger partial charge in [-0.25, -0.2) is 4.79 Å². The second-order valence-corrected chi connectivity index (χ2v) is 11.3. The SMILES string of the molecule is COC(=O)c1c(NC(=S)NC23CC4CC(CC(C4)C2)C3)sc2c1CCC(C)C2. The third kappa shape index (κ3) is 3.26. The highest BCUT2D eigenvalue weighted by atomic mass is 32.1. The molecule has 28 heavy (non-hydrogen) atoms. The Morgan fingerprint density at radius 1 is 1.18 bits per heavy atom. The molecule has 4 nitrogen and oxygen atoms in total. The predicted octanol–water partition coefficient (Wildman–Crippen LogP) is 4.91. The fourth-order valence-corrected chi connectivity index (χ4v) is 8.58. The molecule has 1 heterocycles. The number of anilines is 1. The zero-order valence-electron chi connectivity index (χ0n) is 16.8. The number of nitrogens with one attached hydrogen (secondary N) is 2. The Morgan fingerprint density at radius 2 is 1.82 bits per heavy atom. The number of hydrogen-bond acceptors (Lipinski definition) is 4. The van der Waals surface area contributed by atoms with Crippen molar-refractivity contribution in [2.24, 2.45) is 23.7 Å². The molecule has 6 rings (SSSR count). The molecule has 152 valence electrons. The molecule has 0 aliphatic heterocycles. The maximum atomic E-state index is 12.5. The van der Waals surface area contributed by atoms with Crippen LogP contribution in [-0.4, -0.2) is 23.7 Å². The Hall–Kier alpha value is -1.14. The first-order valence-corrected chi connectivity index (χ1v) is 12.0. The molecule has 0 saturated heterocycles. The van der Waals surface area contributed by atoms with E-state index >= 15 is 0 Å². The summed E-state index contributed by atoms with van der Waals surface area (Å²) in [6.45, 7) is 2.28. The molecule has 0 amide bonds. The monoisotopic (exact) mass is 418 g/mol. The molecule has 5 aliphatic carbocycles. The molecule has 6 heteroatoms. The molecule has 1 unspecified atom stereocenters. The van der Waals surface area contributed by atoms with Gasteiger partial charge in [0.05, 0.1) is 12.7 Å². The molecule has 0 aromatic carbocycles. The van der Waals surface area contributed by atoms with Crippen molar-refractivity contribution in [2.45, 2.75) is 70.3 Å². The summed E-state index contributed by atoms with van der Waals surface area (Å²) in [6, 6.07) is 0. The molecule has 2 N–H and O–H groups in total. The number of carbonyl (C=O) groups is 1. The highest BCUT2D eigenvalue weighted by molar-refractivity contribution is 7.80. The average Bonchev–Trinajstić information content (AvgIpc) is 2.95. The lowest BCUT2D eigenvalue weighted by Gasteiger charge is -2.57. The fraction of sp³-hybridized carbons (Fsp3) is 0.727. The molecular formula is C22H30N2O2S2. The van der Waals surface area contributed by atoms with Crippen molar-refractivity contribution in [3.8, 4) is 0 Å². The zero-order chi connectivity index (χ0) is 19.5. The summed E-state index contributed by atoms with van der Waals surface area (Å²) in [5.74, 6) is 3.06. The van der Waals surface area contributed by atoms with E-state index in [-0.39, 0.29) is 11.5 Å². The normalized spacial score (nSPS) is 35.4. The summed E-state index contributed by atoms with van der Waals surface area (Å²) in [4.78, 5) is 13.8. The van der Waals surface area contributed by atoms with Crippen molar-refractivity contribution in [3.05, 3.63) is 16.0 Å². The van der Waals surface area contributed by atoms with Crippen molar-refractivity contribution in [1.29, 1.82) is 0 Å². The first kappa shape index (κ1) is 18.9. The average molecular weight is 419 g/mol. The minimum atomic E-state index is -0.243. The van der Waals surface area contributed by atoms with Crippen LogP contribution in [0.1, 0.15) is 72.7 Å². The summed E-state index contributed by atoms with van der Waals surface area (Å²) < 4.78 is 5.11. The first-order valence-electron chi connectivity index (χ1n) is 10.8. The van der Waals surface area contributed by atoms with E-state index in [4.69, 9.17) is 17.0 Å². The smallest absolute Gasteiger partial charge is 0.341 e. The van der Waals surface area contributed by atoms with E-state index < -0.39 is 0 Å². The minimum absolute atomic E-state index is 0.176. The molecule has 0 radical (unpaired) electrons. The quantitative estimate of drug-likeness (QED) is 0.539. The van der Waals surface area contributed by atoms with Crippen LogP contribution in [0, 0.1) is 23.7 Å². The van der Waals surface area contributed by atoms with Gasteiger partial charge in [-0.05, 0) is 99.2 Å². The number of rotatable bonds is 3. The number of thiocarbonyl (C=S) groups is 1. The summed E-state index contributed by atoms with van der Waals surface area (Å²) >= 11 is 7.44. The van der Waals surface area contributed by atoms with Crippen LogP contribution in [0.3, 0.4) is 0 Å². The van der Waals surface area contributed by atoms with Gasteiger partial charge in [0.25, 0.3) is 0 Å². The van der Waals surface area contributed by atoms with Crippen LogP contribution in [0.5, 0.6) is 0 Å². The van der Waals surface area contributed by atoms with Gasteiger partial charge in [-0.15, -0.1) is 11.3 Å². The summed E-state index contributed by atoms with van der Waals surface area (Å²) in [7, 11) is 1.47. The first-order chi connectivity index (χ1) is 13.4. The standard InChI is InChI=1S/C22H30N2O2S2/c1-12-3-4-16-17(5-12)28-19(18(16)20(25)26-2)23-21(27)24-22-9-13-6-14(10-22)8-15(7-13)11-22/h12-15H,3-11H2,1-2H3,(H2,23,24,27). The van der Waals surface area contributed by atoms with Crippen LogP contribution in [0.2, 0.25) is 0 Å². The molecule has 4 fully saturated rings. The molecule has 1 aromatic rings. The van der Waals surface area contributed by atoms with Gasteiger partial charge in [0.15, 0.2) is 5.11 Å². The Kier molecular flexibility index (Phi) is 4.70. The van der Waals surface area contributed by atoms with Crippen LogP contribution >= 0.6 is 23.6 Å². The Labute approximate surface area is 176 Å². The molecule has 1 atom stereocenters. The third-order valence-corrected chi connectivity index (χ3v) is 8.92. The lowest BCUT2D eigenvalue weighted by atomic mass is 9.53. The van der Waals surface area contributed by atoms with Gasteiger partial charge in [0.2, 0.25) is 0 Å². The number of ether oxygens (including phenoxy) is 1. The number of carbonyl (C=O) groups excluding carboxylic acids is 1. The largest absolute Gasteiger partial charge is 0.465 e. The van der Waals surface area contributed by atoms with Crippen LogP contribution in [0.15, 0.2) is 0 Å². The van der Waals surface area contributed by atoms with Crippen LogP contribution in [-0.2, 0) is 17.6 Å². The van der Waals surface area contributed by atoms with Gasteiger partial charge in [-0.1, -0.05) is 6.92 Å². The molecule has 4 saturated carbocycles. The van der Waals surface area contributed by atoms with Crippen molar-refractivity contribution < 1.29 is 9.53 Å². The zero-order valence-corrected chi connectivity index (χ0v) is 18.4. The number of methoxy groups -OCH3 is 1. The van der Waals surface area contributed by atoms with Crippen molar-refractivity contribution >= 4 is 39.6 Å². The van der Waals surface area contributed by atoms with E-state index in [1.54, 1.807) is 11.3 Å². The highest BCUT2D eigenvalue weighted by Gasteiger charge is 2.51. The lowest BCUT2D eigenvalue weighted by Crippen LogP contribution is -2.60. The number of thiophene rings is 1. The molecule has 4 bridgehead atoms. The van der Waals surface area contributed by atoms with Gasteiger partial charge < -0.3 is 15.4 Å². The molecule has 0 spiro atoms. The van der Waals surface area contributed by atoms with Gasteiger partial charge in [-0.2, -0.15) is 0 Å². The molecular weight excluding hydrogens is 388 g/mol. The molecule has 5 aliphatic rings. The topological polar surface area (TPSA) is 50.4 Å². The molecule has 1 aromatic heterocycles. The Balaban J connectivity index is 1.36. The van der Waals surface area contributed by atoms with Gasteiger partial charge in [-0.3, -0.25) is 0 Å². The predicted molar refractivity (Wildman–Crippen MR) is 117 cm³/mol. The van der Waals surface area contributed by atoms with Crippen LogP contribution in [0.25, 0.3) is 0 Å². The summed E-state index contributed by atoms with van der Waals surface area (Å²) in [6.07, 6.45) is 11.1. The Morgan fingerprint density at radius 3 is 2.43 bits per heavy atom. The summed E-state index contributed by atoms with van der Waals surface area (Å²) in [5, 5.41) is 8.68.